The number of ether oxygens (including phenoxy) is 2. The Balaban J connectivity index is 1.72. The van der Waals surface area contributed by atoms with Gasteiger partial charge in [-0.25, -0.2) is 14.6 Å². The lowest BCUT2D eigenvalue weighted by Crippen LogP contribution is -2.37. The second kappa shape index (κ2) is 8.45. The highest BCUT2D eigenvalue weighted by molar-refractivity contribution is 5.60. The van der Waals surface area contributed by atoms with Crippen molar-refractivity contribution in [1.82, 2.24) is 19.7 Å². The lowest BCUT2D eigenvalue weighted by molar-refractivity contribution is 0.122. The van der Waals surface area contributed by atoms with Crippen molar-refractivity contribution in [2.75, 3.05) is 37.8 Å². The van der Waals surface area contributed by atoms with Gasteiger partial charge in [-0.2, -0.15) is 5.10 Å². The quantitative estimate of drug-likeness (QED) is 0.600. The van der Waals surface area contributed by atoms with Gasteiger partial charge in [-0.15, -0.1) is 0 Å². The molecule has 7 heteroatoms. The Morgan fingerprint density at radius 1 is 1.14 bits per heavy atom. The Bertz CT molecular complexity index is 1010. The second-order valence-electron chi connectivity index (χ2n) is 6.88. The minimum Gasteiger partial charge on any atom is -0.491 e. The summed E-state index contributed by atoms with van der Waals surface area (Å²) in [6, 6.07) is 12.2. The van der Waals surface area contributed by atoms with E-state index in [-0.39, 0.29) is 0 Å². The maximum Gasteiger partial charge on any atom is 0.198 e. The first-order valence-electron chi connectivity index (χ1n) is 9.81. The zero-order chi connectivity index (χ0) is 20.2. The topological polar surface area (TPSA) is 65.3 Å². The van der Waals surface area contributed by atoms with Crippen LogP contribution in [-0.2, 0) is 9.47 Å². The minimum absolute atomic E-state index is 0.454. The zero-order valence-electron chi connectivity index (χ0n) is 16.8. The normalized spacial score (nSPS) is 14.1. The highest BCUT2D eigenvalue weighted by Crippen LogP contribution is 2.23. The summed E-state index contributed by atoms with van der Waals surface area (Å²) in [5.41, 5.74) is 3.17. The van der Waals surface area contributed by atoms with Gasteiger partial charge in [-0.1, -0.05) is 30.3 Å². The maximum absolute atomic E-state index is 5.56. The summed E-state index contributed by atoms with van der Waals surface area (Å²) >= 11 is 0. The highest BCUT2D eigenvalue weighted by Gasteiger charge is 2.18. The summed E-state index contributed by atoms with van der Waals surface area (Å²) in [7, 11) is 0. The fourth-order valence-corrected chi connectivity index (χ4v) is 3.27. The van der Waals surface area contributed by atoms with Gasteiger partial charge in [-0.3, -0.25) is 0 Å². The number of rotatable bonds is 6. The highest BCUT2D eigenvalue weighted by atomic mass is 16.5. The summed E-state index contributed by atoms with van der Waals surface area (Å²) < 4.78 is 12.8. The van der Waals surface area contributed by atoms with Crippen LogP contribution in [0.3, 0.4) is 0 Å². The van der Waals surface area contributed by atoms with Gasteiger partial charge >= 0.3 is 0 Å². The molecule has 0 aliphatic carbocycles. The maximum atomic E-state index is 5.56. The number of nitrogens with zero attached hydrogens (tertiary/aromatic N) is 5. The number of benzene rings is 1. The molecule has 0 spiro atoms. The summed E-state index contributed by atoms with van der Waals surface area (Å²) in [6.45, 7) is 11.4. The Hall–Kier alpha value is -3.19. The van der Waals surface area contributed by atoms with E-state index in [1.54, 1.807) is 4.68 Å². The predicted octanol–water partition coefficient (Wildman–Crippen LogP) is 3.48. The van der Waals surface area contributed by atoms with Crippen LogP contribution in [0.15, 0.2) is 49.2 Å². The molecule has 4 rings (SSSR count). The van der Waals surface area contributed by atoms with Crippen molar-refractivity contribution in [3.63, 3.8) is 0 Å². The van der Waals surface area contributed by atoms with Gasteiger partial charge in [0, 0.05) is 30.9 Å². The fourth-order valence-electron chi connectivity index (χ4n) is 3.27. The lowest BCUT2D eigenvalue weighted by atomic mass is 10.1. The molecule has 1 aromatic carbocycles. The molecule has 29 heavy (non-hydrogen) atoms. The molecule has 0 unspecified atom stereocenters. The summed E-state index contributed by atoms with van der Waals surface area (Å²) in [4.78, 5) is 11.5. The Kier molecular flexibility index (Phi) is 5.57. The Labute approximate surface area is 170 Å². The number of anilines is 1. The standard InChI is InChI=1S/C22H25N5O2/c1-4-29-17(3)22-23-20(26-10-12-28-13-11-26)15-21(24-22)27-9-8-19(25-27)18-7-5-6-16(2)14-18/h5-9,14-15H,3-4,10-13H2,1-2H3. The van der Waals surface area contributed by atoms with Crippen molar-refractivity contribution < 1.29 is 9.47 Å². The van der Waals surface area contributed by atoms with E-state index < -0.39 is 0 Å². The third-order valence-corrected chi connectivity index (χ3v) is 4.74. The van der Waals surface area contributed by atoms with Gasteiger partial charge in [0.25, 0.3) is 0 Å². The van der Waals surface area contributed by atoms with Crippen LogP contribution in [0, 0.1) is 6.92 Å². The van der Waals surface area contributed by atoms with Gasteiger partial charge in [0.05, 0.1) is 25.5 Å². The molecule has 0 radical (unpaired) electrons. The van der Waals surface area contributed by atoms with Crippen LogP contribution in [0.1, 0.15) is 18.3 Å². The molecule has 0 bridgehead atoms. The van der Waals surface area contributed by atoms with Crippen LogP contribution in [0.4, 0.5) is 5.82 Å². The first-order valence-corrected chi connectivity index (χ1v) is 9.81. The van der Waals surface area contributed by atoms with Crippen molar-refractivity contribution in [2.45, 2.75) is 13.8 Å². The van der Waals surface area contributed by atoms with Crippen LogP contribution >= 0.6 is 0 Å². The Morgan fingerprint density at radius 3 is 2.69 bits per heavy atom. The van der Waals surface area contributed by atoms with Crippen LogP contribution in [0.2, 0.25) is 0 Å². The number of hydrogen-bond acceptors (Lipinski definition) is 6. The molecule has 3 heterocycles. The van der Waals surface area contributed by atoms with E-state index in [1.165, 1.54) is 5.56 Å². The summed E-state index contributed by atoms with van der Waals surface area (Å²) in [6.07, 6.45) is 1.91. The van der Waals surface area contributed by atoms with Crippen molar-refractivity contribution >= 4 is 11.6 Å². The molecule has 1 saturated heterocycles. The van der Waals surface area contributed by atoms with Crippen molar-refractivity contribution in [3.05, 3.63) is 60.6 Å². The first kappa shape index (κ1) is 19.1. The second-order valence-corrected chi connectivity index (χ2v) is 6.88. The average Bonchev–Trinajstić information content (AvgIpc) is 3.25. The zero-order valence-corrected chi connectivity index (χ0v) is 16.8. The van der Waals surface area contributed by atoms with E-state index >= 15 is 0 Å². The molecule has 1 aliphatic heterocycles. The Morgan fingerprint density at radius 2 is 1.93 bits per heavy atom. The van der Waals surface area contributed by atoms with E-state index in [4.69, 9.17) is 14.6 Å². The number of aromatic nitrogens is 4. The third kappa shape index (κ3) is 4.30. The van der Waals surface area contributed by atoms with Crippen LogP contribution in [0.5, 0.6) is 0 Å². The number of aryl methyl sites for hydroxylation is 1. The number of morpholine rings is 1. The van der Waals surface area contributed by atoms with E-state index in [0.29, 0.717) is 37.2 Å². The molecular weight excluding hydrogens is 366 g/mol. The molecule has 1 aliphatic rings. The first-order chi connectivity index (χ1) is 14.1. The van der Waals surface area contributed by atoms with Crippen molar-refractivity contribution in [1.29, 1.82) is 0 Å². The summed E-state index contributed by atoms with van der Waals surface area (Å²) in [5.74, 6) is 2.42. The predicted molar refractivity (Wildman–Crippen MR) is 113 cm³/mol. The smallest absolute Gasteiger partial charge is 0.198 e. The van der Waals surface area contributed by atoms with Gasteiger partial charge in [-0.05, 0) is 26.0 Å². The van der Waals surface area contributed by atoms with Crippen LogP contribution < -0.4 is 4.90 Å². The monoisotopic (exact) mass is 391 g/mol. The van der Waals surface area contributed by atoms with Gasteiger partial charge in [0.1, 0.15) is 5.82 Å². The summed E-state index contributed by atoms with van der Waals surface area (Å²) in [5, 5.41) is 4.74. The molecule has 0 atom stereocenters. The van der Waals surface area contributed by atoms with Crippen molar-refractivity contribution in [2.24, 2.45) is 0 Å². The van der Waals surface area contributed by atoms with E-state index in [2.05, 4.69) is 46.6 Å². The average molecular weight is 391 g/mol. The molecule has 0 amide bonds. The molecule has 3 aromatic rings. The molecule has 7 nitrogen and oxygen atoms in total. The molecule has 0 saturated carbocycles. The van der Waals surface area contributed by atoms with Crippen molar-refractivity contribution in [3.8, 4) is 17.1 Å². The molecule has 2 aromatic heterocycles. The molecule has 1 fully saturated rings. The van der Waals surface area contributed by atoms with E-state index in [1.807, 2.05) is 31.3 Å². The third-order valence-electron chi connectivity index (χ3n) is 4.74. The van der Waals surface area contributed by atoms with E-state index in [9.17, 15) is 0 Å². The van der Waals surface area contributed by atoms with Crippen LogP contribution in [-0.4, -0.2) is 52.7 Å². The molecule has 0 N–H and O–H groups in total. The largest absolute Gasteiger partial charge is 0.491 e. The SMILES string of the molecule is C=C(OCC)c1nc(N2CCOCC2)cc(-n2ccc(-c3cccc(C)c3)n2)n1. The molecular formula is C22H25N5O2. The van der Waals surface area contributed by atoms with Gasteiger partial charge in [0.2, 0.25) is 0 Å². The minimum atomic E-state index is 0.454. The van der Waals surface area contributed by atoms with Gasteiger partial charge < -0.3 is 14.4 Å². The molecule has 150 valence electrons. The van der Waals surface area contributed by atoms with Gasteiger partial charge in [0.15, 0.2) is 17.4 Å². The fraction of sp³-hybridized carbons (Fsp3) is 0.318. The lowest BCUT2D eigenvalue weighted by Gasteiger charge is -2.28. The number of hydrogen-bond donors (Lipinski definition) is 0. The van der Waals surface area contributed by atoms with E-state index in [0.717, 1.165) is 30.2 Å². The van der Waals surface area contributed by atoms with Crippen LogP contribution in [0.25, 0.3) is 22.8 Å².